The van der Waals surface area contributed by atoms with Gasteiger partial charge in [0, 0.05) is 5.41 Å². The van der Waals surface area contributed by atoms with E-state index in [1.54, 1.807) is 0 Å². The molecular weight excluding hydrogens is 154 g/mol. The van der Waals surface area contributed by atoms with Crippen LogP contribution in [0, 0.1) is 0 Å². The largest absolute Gasteiger partial charge is 0.423 e. The van der Waals surface area contributed by atoms with E-state index in [2.05, 4.69) is 15.5 Å². The molecule has 0 spiro atoms. The summed E-state index contributed by atoms with van der Waals surface area (Å²) in [7, 11) is 1.85. The second-order valence-electron chi connectivity index (χ2n) is 3.78. The molecule has 0 saturated carbocycles. The van der Waals surface area contributed by atoms with Crippen molar-refractivity contribution in [1.82, 2.24) is 15.5 Å². The van der Waals surface area contributed by atoms with Crippen LogP contribution < -0.4 is 5.32 Å². The Morgan fingerprint density at radius 2 is 2.00 bits per heavy atom. The van der Waals surface area contributed by atoms with E-state index in [0.29, 0.717) is 18.3 Å². The third kappa shape index (κ3) is 2.04. The molecule has 68 valence electrons. The molecule has 0 atom stereocenters. The third-order valence-electron chi connectivity index (χ3n) is 1.44. The van der Waals surface area contributed by atoms with Crippen molar-refractivity contribution in [3.05, 3.63) is 11.8 Å². The second-order valence-corrected chi connectivity index (χ2v) is 3.78. The summed E-state index contributed by atoms with van der Waals surface area (Å²) in [5.74, 6) is 1.33. The van der Waals surface area contributed by atoms with Crippen LogP contribution in [0.4, 0.5) is 0 Å². The highest BCUT2D eigenvalue weighted by Crippen LogP contribution is 2.19. The fraction of sp³-hybridized carbons (Fsp3) is 0.750. The van der Waals surface area contributed by atoms with E-state index in [4.69, 9.17) is 4.42 Å². The Hall–Kier alpha value is -0.900. The third-order valence-corrected chi connectivity index (χ3v) is 1.44. The van der Waals surface area contributed by atoms with Crippen molar-refractivity contribution in [2.75, 3.05) is 7.05 Å². The number of rotatable bonds is 2. The highest BCUT2D eigenvalue weighted by molar-refractivity contribution is 4.95. The lowest BCUT2D eigenvalue weighted by Gasteiger charge is -2.10. The first-order chi connectivity index (χ1) is 5.54. The summed E-state index contributed by atoms with van der Waals surface area (Å²) in [5, 5.41) is 10.8. The molecule has 12 heavy (non-hydrogen) atoms. The first kappa shape index (κ1) is 9.19. The zero-order valence-corrected chi connectivity index (χ0v) is 8.01. The van der Waals surface area contributed by atoms with Gasteiger partial charge in [0.05, 0.1) is 6.54 Å². The zero-order chi connectivity index (χ0) is 9.19. The average Bonchev–Trinajstić information content (AvgIpc) is 2.35. The van der Waals surface area contributed by atoms with Gasteiger partial charge < -0.3 is 9.73 Å². The number of hydrogen-bond donors (Lipinski definition) is 1. The molecule has 1 rings (SSSR count). The standard InChI is InChI=1S/C8H15N3O/c1-8(2,3)7-11-10-6(12-7)5-9-4/h9H,5H2,1-4H3. The molecule has 0 fully saturated rings. The van der Waals surface area contributed by atoms with E-state index in [1.807, 2.05) is 27.8 Å². The van der Waals surface area contributed by atoms with Gasteiger partial charge in [0.25, 0.3) is 0 Å². The van der Waals surface area contributed by atoms with Crippen molar-refractivity contribution in [1.29, 1.82) is 0 Å². The Bertz CT molecular complexity index is 249. The SMILES string of the molecule is CNCc1nnc(C(C)(C)C)o1. The summed E-state index contributed by atoms with van der Waals surface area (Å²) >= 11 is 0. The van der Waals surface area contributed by atoms with Crippen molar-refractivity contribution in [3.8, 4) is 0 Å². The summed E-state index contributed by atoms with van der Waals surface area (Å²) < 4.78 is 5.40. The van der Waals surface area contributed by atoms with Crippen LogP contribution in [0.3, 0.4) is 0 Å². The Morgan fingerprint density at radius 3 is 2.42 bits per heavy atom. The number of nitrogens with zero attached hydrogens (tertiary/aromatic N) is 2. The van der Waals surface area contributed by atoms with Crippen LogP contribution in [0.5, 0.6) is 0 Å². The number of hydrogen-bond acceptors (Lipinski definition) is 4. The fourth-order valence-electron chi connectivity index (χ4n) is 0.779. The number of aromatic nitrogens is 2. The normalized spacial score (nSPS) is 12.0. The van der Waals surface area contributed by atoms with Gasteiger partial charge in [-0.3, -0.25) is 0 Å². The van der Waals surface area contributed by atoms with Crippen LogP contribution in [0.25, 0.3) is 0 Å². The molecule has 0 aliphatic heterocycles. The van der Waals surface area contributed by atoms with E-state index in [0.717, 1.165) is 0 Å². The van der Waals surface area contributed by atoms with Crippen molar-refractivity contribution in [2.24, 2.45) is 0 Å². The highest BCUT2D eigenvalue weighted by Gasteiger charge is 2.20. The summed E-state index contributed by atoms with van der Waals surface area (Å²) in [6.45, 7) is 6.76. The average molecular weight is 169 g/mol. The maximum Gasteiger partial charge on any atom is 0.230 e. The monoisotopic (exact) mass is 169 g/mol. The molecule has 0 aromatic carbocycles. The van der Waals surface area contributed by atoms with Gasteiger partial charge in [0.1, 0.15) is 0 Å². The van der Waals surface area contributed by atoms with Gasteiger partial charge in [-0.15, -0.1) is 10.2 Å². The Balaban J connectivity index is 2.77. The van der Waals surface area contributed by atoms with E-state index in [9.17, 15) is 0 Å². The van der Waals surface area contributed by atoms with Gasteiger partial charge in [0.2, 0.25) is 11.8 Å². The van der Waals surface area contributed by atoms with Crippen LogP contribution in [-0.4, -0.2) is 17.2 Å². The topological polar surface area (TPSA) is 51.0 Å². The molecule has 0 amide bonds. The Labute approximate surface area is 72.4 Å². The van der Waals surface area contributed by atoms with Crippen molar-refractivity contribution in [2.45, 2.75) is 32.7 Å². The minimum atomic E-state index is -0.0566. The molecule has 1 aromatic rings. The fourth-order valence-corrected chi connectivity index (χ4v) is 0.779. The van der Waals surface area contributed by atoms with Crippen LogP contribution in [-0.2, 0) is 12.0 Å². The summed E-state index contributed by atoms with van der Waals surface area (Å²) in [4.78, 5) is 0. The summed E-state index contributed by atoms with van der Waals surface area (Å²) in [6, 6.07) is 0. The summed E-state index contributed by atoms with van der Waals surface area (Å²) in [5.41, 5.74) is -0.0566. The zero-order valence-electron chi connectivity index (χ0n) is 8.01. The maximum atomic E-state index is 5.40. The van der Waals surface area contributed by atoms with Crippen molar-refractivity contribution < 1.29 is 4.42 Å². The Morgan fingerprint density at radius 1 is 1.33 bits per heavy atom. The van der Waals surface area contributed by atoms with E-state index >= 15 is 0 Å². The molecule has 4 heteroatoms. The molecule has 0 radical (unpaired) electrons. The highest BCUT2D eigenvalue weighted by atomic mass is 16.4. The molecule has 0 saturated heterocycles. The van der Waals surface area contributed by atoms with Crippen molar-refractivity contribution in [3.63, 3.8) is 0 Å². The van der Waals surface area contributed by atoms with Crippen molar-refractivity contribution >= 4 is 0 Å². The molecule has 0 aliphatic rings. The van der Waals surface area contributed by atoms with Gasteiger partial charge in [-0.25, -0.2) is 0 Å². The van der Waals surface area contributed by atoms with Crippen LogP contribution in [0.1, 0.15) is 32.6 Å². The predicted octanol–water partition coefficient (Wildman–Crippen LogP) is 1.09. The lowest BCUT2D eigenvalue weighted by molar-refractivity contribution is 0.367. The van der Waals surface area contributed by atoms with Gasteiger partial charge in [-0.1, -0.05) is 20.8 Å². The van der Waals surface area contributed by atoms with Crippen LogP contribution in [0.2, 0.25) is 0 Å². The minimum absolute atomic E-state index is 0.0566. The van der Waals surface area contributed by atoms with E-state index in [1.165, 1.54) is 0 Å². The van der Waals surface area contributed by atoms with E-state index in [-0.39, 0.29) is 5.41 Å². The van der Waals surface area contributed by atoms with Crippen LogP contribution >= 0.6 is 0 Å². The molecular formula is C8H15N3O. The predicted molar refractivity (Wildman–Crippen MR) is 45.8 cm³/mol. The molecule has 0 unspecified atom stereocenters. The maximum absolute atomic E-state index is 5.40. The lowest BCUT2D eigenvalue weighted by atomic mass is 9.97. The van der Waals surface area contributed by atoms with Crippen LogP contribution in [0.15, 0.2) is 4.42 Å². The lowest BCUT2D eigenvalue weighted by Crippen LogP contribution is -2.11. The van der Waals surface area contributed by atoms with Gasteiger partial charge >= 0.3 is 0 Å². The molecule has 0 aliphatic carbocycles. The Kier molecular flexibility index (Phi) is 2.47. The van der Waals surface area contributed by atoms with E-state index < -0.39 is 0 Å². The second kappa shape index (κ2) is 3.23. The molecule has 1 N–H and O–H groups in total. The number of nitrogens with one attached hydrogen (secondary N) is 1. The first-order valence-electron chi connectivity index (χ1n) is 4.01. The van der Waals surface area contributed by atoms with Gasteiger partial charge in [-0.2, -0.15) is 0 Å². The quantitative estimate of drug-likeness (QED) is 0.720. The minimum Gasteiger partial charge on any atom is -0.423 e. The molecule has 4 nitrogen and oxygen atoms in total. The smallest absolute Gasteiger partial charge is 0.230 e. The molecule has 1 aromatic heterocycles. The first-order valence-corrected chi connectivity index (χ1v) is 4.01. The summed E-state index contributed by atoms with van der Waals surface area (Å²) in [6.07, 6.45) is 0. The molecule has 1 heterocycles. The molecule has 0 bridgehead atoms. The van der Waals surface area contributed by atoms with Gasteiger partial charge in [0.15, 0.2) is 0 Å². The van der Waals surface area contributed by atoms with Gasteiger partial charge in [-0.05, 0) is 7.05 Å².